The lowest BCUT2D eigenvalue weighted by Gasteiger charge is -2.06. The number of hydrogen-bond acceptors (Lipinski definition) is 4. The molecule has 0 amide bonds. The average Bonchev–Trinajstić information content (AvgIpc) is 1.63. The highest BCUT2D eigenvalue weighted by Crippen LogP contribution is 2.50. The summed E-state index contributed by atoms with van der Waals surface area (Å²) >= 11 is 0.846. The van der Waals surface area contributed by atoms with Crippen molar-refractivity contribution in [2.75, 3.05) is 6.26 Å². The summed E-state index contributed by atoms with van der Waals surface area (Å²) in [5.74, 6) is -0.616. The Morgan fingerprint density at radius 3 is 2.33 bits per heavy atom. The van der Waals surface area contributed by atoms with Crippen molar-refractivity contribution in [2.45, 2.75) is 6.92 Å². The van der Waals surface area contributed by atoms with E-state index in [2.05, 4.69) is 4.52 Å². The molecule has 0 rings (SSSR count). The topological polar surface area (TPSA) is 69.4 Å². The molecule has 0 radical (unpaired) electrons. The molecule has 0 aliphatic carbocycles. The first-order valence-corrected chi connectivity index (χ1v) is 5.65. The standard InChI is InChI=1S/C3H8NO3PS/c1-3(5)7-8(4,6)9-2/h1-2H3,(H2,4,6). The third-order valence-corrected chi connectivity index (χ3v) is 3.28. The zero-order chi connectivity index (χ0) is 7.49. The molecular weight excluding hydrogens is 161 g/mol. The van der Waals surface area contributed by atoms with Crippen molar-refractivity contribution in [3.63, 3.8) is 0 Å². The molecule has 0 aromatic carbocycles. The van der Waals surface area contributed by atoms with Crippen LogP contribution in [0.1, 0.15) is 6.92 Å². The van der Waals surface area contributed by atoms with Gasteiger partial charge in [-0.2, -0.15) is 0 Å². The number of carbonyl (C=O) groups is 1. The minimum Gasteiger partial charge on any atom is -0.393 e. The second-order valence-electron chi connectivity index (χ2n) is 1.31. The maximum absolute atomic E-state index is 10.7. The largest absolute Gasteiger partial charge is 0.393 e. The van der Waals surface area contributed by atoms with Crippen molar-refractivity contribution >= 4 is 24.1 Å². The summed E-state index contributed by atoms with van der Waals surface area (Å²) in [6.45, 7) is -2.00. The van der Waals surface area contributed by atoms with E-state index in [9.17, 15) is 9.36 Å². The van der Waals surface area contributed by atoms with E-state index >= 15 is 0 Å². The van der Waals surface area contributed by atoms with Crippen LogP contribution in [0.4, 0.5) is 0 Å². The minimum absolute atomic E-state index is 0.616. The molecule has 0 aliphatic rings. The smallest absolute Gasteiger partial charge is 0.373 e. The van der Waals surface area contributed by atoms with Crippen LogP contribution in [0, 0.1) is 0 Å². The fourth-order valence-electron chi connectivity index (χ4n) is 0.216. The van der Waals surface area contributed by atoms with Crippen molar-refractivity contribution in [1.82, 2.24) is 0 Å². The lowest BCUT2D eigenvalue weighted by Crippen LogP contribution is -2.00. The molecule has 9 heavy (non-hydrogen) atoms. The van der Waals surface area contributed by atoms with Gasteiger partial charge in [-0.05, 0) is 17.6 Å². The van der Waals surface area contributed by atoms with E-state index in [1.807, 2.05) is 0 Å². The van der Waals surface area contributed by atoms with Crippen LogP contribution in [-0.2, 0) is 13.9 Å². The molecule has 6 heteroatoms. The van der Waals surface area contributed by atoms with Gasteiger partial charge in [0.15, 0.2) is 0 Å². The van der Waals surface area contributed by atoms with Crippen molar-refractivity contribution in [3.05, 3.63) is 0 Å². The van der Waals surface area contributed by atoms with Gasteiger partial charge in [-0.15, -0.1) is 0 Å². The molecule has 0 saturated carbocycles. The number of carbonyl (C=O) groups excluding carboxylic acids is 1. The molecule has 0 aliphatic heterocycles. The fraction of sp³-hybridized carbons (Fsp3) is 0.667. The first-order valence-electron chi connectivity index (χ1n) is 2.12. The molecule has 0 heterocycles. The Balaban J connectivity index is 3.88. The molecule has 0 fully saturated rings. The molecule has 0 bridgehead atoms. The fourth-order valence-corrected chi connectivity index (χ4v) is 1.19. The maximum atomic E-state index is 10.7. The minimum atomic E-state index is -3.16. The zero-order valence-electron chi connectivity index (χ0n) is 5.16. The second-order valence-corrected chi connectivity index (χ2v) is 5.55. The molecule has 0 saturated heterocycles. The lowest BCUT2D eigenvalue weighted by molar-refractivity contribution is -0.131. The Labute approximate surface area is 57.4 Å². The molecule has 2 N–H and O–H groups in total. The number of hydrogen-bond donors (Lipinski definition) is 1. The van der Waals surface area contributed by atoms with E-state index in [0.29, 0.717) is 0 Å². The highest BCUT2D eigenvalue weighted by atomic mass is 32.7. The van der Waals surface area contributed by atoms with Gasteiger partial charge in [-0.25, -0.2) is 10.1 Å². The Morgan fingerprint density at radius 1 is 1.78 bits per heavy atom. The Kier molecular flexibility index (Phi) is 3.25. The predicted octanol–water partition coefficient (Wildman–Crippen LogP) is 0.979. The van der Waals surface area contributed by atoms with Crippen molar-refractivity contribution in [2.24, 2.45) is 5.50 Å². The van der Waals surface area contributed by atoms with Gasteiger partial charge in [-0.1, -0.05) is 0 Å². The van der Waals surface area contributed by atoms with Crippen molar-refractivity contribution in [3.8, 4) is 0 Å². The van der Waals surface area contributed by atoms with Crippen LogP contribution in [0.15, 0.2) is 0 Å². The number of rotatable bonds is 2. The summed E-state index contributed by atoms with van der Waals surface area (Å²) in [6, 6.07) is 0. The van der Waals surface area contributed by atoms with E-state index in [-0.39, 0.29) is 0 Å². The van der Waals surface area contributed by atoms with Gasteiger partial charge in [0, 0.05) is 6.92 Å². The molecule has 0 spiro atoms. The van der Waals surface area contributed by atoms with Gasteiger partial charge < -0.3 is 4.52 Å². The Hall–Kier alpha value is 0.0100. The quantitative estimate of drug-likeness (QED) is 0.624. The van der Waals surface area contributed by atoms with Crippen molar-refractivity contribution < 1.29 is 13.9 Å². The van der Waals surface area contributed by atoms with Crippen molar-refractivity contribution in [1.29, 1.82) is 0 Å². The molecule has 1 unspecified atom stereocenters. The van der Waals surface area contributed by atoms with E-state index in [1.165, 1.54) is 6.26 Å². The molecule has 4 nitrogen and oxygen atoms in total. The zero-order valence-corrected chi connectivity index (χ0v) is 6.87. The SMILES string of the molecule is CSP(N)(=O)OC(C)=O. The Bertz CT molecular complexity index is 159. The molecule has 0 aromatic heterocycles. The van der Waals surface area contributed by atoms with Crippen LogP contribution >= 0.6 is 18.1 Å². The lowest BCUT2D eigenvalue weighted by atomic mass is 10.9. The van der Waals surface area contributed by atoms with Crippen LogP contribution in [-0.4, -0.2) is 12.2 Å². The summed E-state index contributed by atoms with van der Waals surface area (Å²) < 4.78 is 14.9. The monoisotopic (exact) mass is 169 g/mol. The van der Waals surface area contributed by atoms with Crippen LogP contribution in [0.2, 0.25) is 0 Å². The van der Waals surface area contributed by atoms with E-state index in [0.717, 1.165) is 18.3 Å². The molecular formula is C3H8NO3PS. The molecule has 1 atom stereocenters. The van der Waals surface area contributed by atoms with E-state index in [1.54, 1.807) is 0 Å². The van der Waals surface area contributed by atoms with E-state index < -0.39 is 12.7 Å². The van der Waals surface area contributed by atoms with Gasteiger partial charge in [0.25, 0.3) is 0 Å². The summed E-state index contributed by atoms with van der Waals surface area (Å²) in [5, 5.41) is 0. The van der Waals surface area contributed by atoms with Crippen LogP contribution in [0.25, 0.3) is 0 Å². The maximum Gasteiger partial charge on any atom is 0.373 e. The first-order chi connectivity index (χ1) is 3.98. The summed E-state index contributed by atoms with van der Waals surface area (Å²) in [4.78, 5) is 10.1. The first kappa shape index (κ1) is 9.01. The Morgan fingerprint density at radius 2 is 2.22 bits per heavy atom. The predicted molar refractivity (Wildman–Crippen MR) is 37.1 cm³/mol. The normalized spacial score (nSPS) is 16.3. The summed E-state index contributed by atoms with van der Waals surface area (Å²) in [5.41, 5.74) is 4.99. The average molecular weight is 169 g/mol. The number of nitrogens with two attached hydrogens (primary N) is 1. The highest BCUT2D eigenvalue weighted by Gasteiger charge is 2.16. The van der Waals surface area contributed by atoms with Gasteiger partial charge in [0.05, 0.1) is 0 Å². The second kappa shape index (κ2) is 3.25. The van der Waals surface area contributed by atoms with Gasteiger partial charge in [0.1, 0.15) is 0 Å². The molecule has 54 valence electrons. The third-order valence-electron chi connectivity index (χ3n) is 0.510. The van der Waals surface area contributed by atoms with Gasteiger partial charge >= 0.3 is 12.7 Å². The van der Waals surface area contributed by atoms with Crippen LogP contribution in [0.5, 0.6) is 0 Å². The van der Waals surface area contributed by atoms with Gasteiger partial charge in [0.2, 0.25) is 0 Å². The molecule has 0 aromatic rings. The highest BCUT2D eigenvalue weighted by molar-refractivity contribution is 8.55. The third kappa shape index (κ3) is 4.51. The van der Waals surface area contributed by atoms with Gasteiger partial charge in [-0.3, -0.25) is 4.79 Å². The summed E-state index contributed by atoms with van der Waals surface area (Å²) in [6.07, 6.45) is 1.52. The van der Waals surface area contributed by atoms with Crippen LogP contribution in [0.3, 0.4) is 0 Å². The summed E-state index contributed by atoms with van der Waals surface area (Å²) in [7, 11) is 0. The van der Waals surface area contributed by atoms with E-state index in [4.69, 9.17) is 5.50 Å². The van der Waals surface area contributed by atoms with Crippen LogP contribution < -0.4 is 5.50 Å².